The van der Waals surface area contributed by atoms with Gasteiger partial charge in [-0.15, -0.1) is 0 Å². The molecule has 2 aromatic carbocycles. The van der Waals surface area contributed by atoms with E-state index >= 15 is 0 Å². The molecule has 6 nitrogen and oxygen atoms in total. The average molecular weight is 559 g/mol. The van der Waals surface area contributed by atoms with E-state index in [9.17, 15) is 28.2 Å². The number of halogens is 3. The van der Waals surface area contributed by atoms with Gasteiger partial charge in [0, 0.05) is 24.5 Å². The molecule has 2 N–H and O–H groups in total. The van der Waals surface area contributed by atoms with Gasteiger partial charge in [-0.05, 0) is 105 Å². The minimum atomic E-state index is -4.35. The van der Waals surface area contributed by atoms with E-state index in [0.29, 0.717) is 43.5 Å². The molecule has 0 radical (unpaired) electrons. The number of benzene rings is 2. The molecule has 0 unspecified atom stereocenters. The Morgan fingerprint density at radius 2 is 1.95 bits per heavy atom. The second-order valence-electron chi connectivity index (χ2n) is 10.7. The Kier molecular flexibility index (Phi) is 10.0. The summed E-state index contributed by atoms with van der Waals surface area (Å²) in [5, 5.41) is 21.5. The Morgan fingerprint density at radius 1 is 1.15 bits per heavy atom. The SMILES string of the molecule is COc1ccc2nccc([C@H](O)CC[C@@H]3CCN(CCCCc4ccccc4C(F)(F)F)C[C@@H]3CC(=O)O)c2c1. The number of nitrogens with zero attached hydrogens (tertiary/aromatic N) is 2. The molecule has 1 fully saturated rings. The summed E-state index contributed by atoms with van der Waals surface area (Å²) in [4.78, 5) is 18.3. The van der Waals surface area contributed by atoms with Gasteiger partial charge in [0.15, 0.2) is 0 Å². The van der Waals surface area contributed by atoms with Gasteiger partial charge in [-0.2, -0.15) is 13.2 Å². The molecule has 2 heterocycles. The van der Waals surface area contributed by atoms with E-state index in [1.807, 2.05) is 24.3 Å². The first-order chi connectivity index (χ1) is 19.2. The largest absolute Gasteiger partial charge is 0.497 e. The molecule has 3 aromatic rings. The number of aromatic nitrogens is 1. The number of likely N-dealkylation sites (tertiary alicyclic amines) is 1. The molecular formula is C31H37F3N2O4. The fourth-order valence-corrected chi connectivity index (χ4v) is 5.95. The fourth-order valence-electron chi connectivity index (χ4n) is 5.95. The van der Waals surface area contributed by atoms with Crippen LogP contribution in [-0.4, -0.2) is 52.8 Å². The fraction of sp³-hybridized carbons (Fsp3) is 0.484. The number of rotatable bonds is 12. The molecule has 40 heavy (non-hydrogen) atoms. The van der Waals surface area contributed by atoms with E-state index in [-0.39, 0.29) is 18.3 Å². The normalized spacial score (nSPS) is 19.0. The summed E-state index contributed by atoms with van der Waals surface area (Å²) in [5.74, 6) is -0.0252. The lowest BCUT2D eigenvalue weighted by Crippen LogP contribution is -2.41. The van der Waals surface area contributed by atoms with E-state index in [1.54, 1.807) is 19.4 Å². The number of alkyl halides is 3. The van der Waals surface area contributed by atoms with Crippen LogP contribution in [0.5, 0.6) is 5.75 Å². The first-order valence-corrected chi connectivity index (χ1v) is 13.9. The standard InChI is InChI=1S/C31H37F3N2O4/c1-40-24-10-11-28-26(19-24)25(13-15-35-28)29(37)12-9-21-14-17-36(20-23(21)18-30(38)39)16-5-4-7-22-6-2-3-8-27(22)31(32,33)34/h2-3,6,8,10-11,13,15,19,21,23,29,37H,4-5,7,9,12,14,16-18,20H2,1H3,(H,38,39)/t21-,23+,29-/m1/s1. The number of unbranched alkanes of at least 4 members (excludes halogenated alkanes) is 1. The number of aryl methyl sites for hydroxylation is 1. The van der Waals surface area contributed by atoms with Gasteiger partial charge in [-0.3, -0.25) is 9.78 Å². The number of aliphatic hydroxyl groups is 1. The minimum absolute atomic E-state index is 0.0429. The quantitative estimate of drug-likeness (QED) is 0.247. The van der Waals surface area contributed by atoms with E-state index in [0.717, 1.165) is 48.5 Å². The van der Waals surface area contributed by atoms with Crippen molar-refractivity contribution in [1.82, 2.24) is 9.88 Å². The van der Waals surface area contributed by atoms with Crippen molar-refractivity contribution < 1.29 is 32.9 Å². The summed E-state index contributed by atoms with van der Waals surface area (Å²) in [6, 6.07) is 13.1. The lowest BCUT2D eigenvalue weighted by atomic mass is 9.79. The lowest BCUT2D eigenvalue weighted by Gasteiger charge is -2.38. The van der Waals surface area contributed by atoms with E-state index in [1.165, 1.54) is 12.1 Å². The molecule has 216 valence electrons. The maximum absolute atomic E-state index is 13.3. The number of carboxylic acid groups (broad SMARTS) is 1. The molecule has 0 amide bonds. The monoisotopic (exact) mass is 558 g/mol. The number of carbonyl (C=O) groups is 1. The van der Waals surface area contributed by atoms with Gasteiger partial charge in [0.25, 0.3) is 0 Å². The van der Waals surface area contributed by atoms with Gasteiger partial charge in [-0.25, -0.2) is 0 Å². The predicted molar refractivity (Wildman–Crippen MR) is 147 cm³/mol. The number of aliphatic hydroxyl groups excluding tert-OH is 1. The van der Waals surface area contributed by atoms with Crippen LogP contribution < -0.4 is 4.74 Å². The van der Waals surface area contributed by atoms with E-state index < -0.39 is 23.8 Å². The number of hydrogen-bond acceptors (Lipinski definition) is 5. The lowest BCUT2D eigenvalue weighted by molar-refractivity contribution is -0.139. The Balaban J connectivity index is 1.31. The van der Waals surface area contributed by atoms with Gasteiger partial charge in [0.05, 0.1) is 24.3 Å². The zero-order valence-electron chi connectivity index (χ0n) is 22.7. The number of ether oxygens (including phenoxy) is 1. The molecule has 1 saturated heterocycles. The van der Waals surface area contributed by atoms with Crippen LogP contribution in [0.3, 0.4) is 0 Å². The van der Waals surface area contributed by atoms with E-state index in [4.69, 9.17) is 4.74 Å². The van der Waals surface area contributed by atoms with Crippen molar-refractivity contribution in [3.05, 3.63) is 71.4 Å². The average Bonchev–Trinajstić information content (AvgIpc) is 2.93. The summed E-state index contributed by atoms with van der Waals surface area (Å²) in [6.45, 7) is 2.18. The Labute approximate surface area is 232 Å². The molecule has 4 rings (SSSR count). The van der Waals surface area contributed by atoms with Gasteiger partial charge in [0.2, 0.25) is 0 Å². The number of aliphatic carboxylic acids is 1. The van der Waals surface area contributed by atoms with Crippen molar-refractivity contribution in [1.29, 1.82) is 0 Å². The summed E-state index contributed by atoms with van der Waals surface area (Å²) >= 11 is 0. The third kappa shape index (κ3) is 7.73. The number of fused-ring (bicyclic) bond motifs is 1. The third-order valence-electron chi connectivity index (χ3n) is 8.06. The van der Waals surface area contributed by atoms with Crippen molar-refractivity contribution in [3.8, 4) is 5.75 Å². The second-order valence-corrected chi connectivity index (χ2v) is 10.7. The van der Waals surface area contributed by atoms with Crippen LogP contribution in [0.2, 0.25) is 0 Å². The highest BCUT2D eigenvalue weighted by Crippen LogP contribution is 2.35. The van der Waals surface area contributed by atoms with E-state index in [2.05, 4.69) is 9.88 Å². The second kappa shape index (κ2) is 13.5. The van der Waals surface area contributed by atoms with Crippen LogP contribution in [-0.2, 0) is 17.4 Å². The zero-order valence-corrected chi connectivity index (χ0v) is 22.7. The van der Waals surface area contributed by atoms with Crippen molar-refractivity contribution in [3.63, 3.8) is 0 Å². The first-order valence-electron chi connectivity index (χ1n) is 13.9. The molecule has 1 aliphatic rings. The maximum Gasteiger partial charge on any atom is 0.416 e. The molecule has 0 saturated carbocycles. The zero-order chi connectivity index (χ0) is 28.7. The summed E-state index contributed by atoms with van der Waals surface area (Å²) in [5.41, 5.74) is 1.30. The van der Waals surface area contributed by atoms with Crippen molar-refractivity contribution in [2.24, 2.45) is 11.8 Å². The van der Waals surface area contributed by atoms with Gasteiger partial charge in [-0.1, -0.05) is 18.2 Å². The highest BCUT2D eigenvalue weighted by Gasteiger charge is 2.33. The Morgan fingerprint density at radius 3 is 2.70 bits per heavy atom. The molecular weight excluding hydrogens is 521 g/mol. The molecule has 1 aromatic heterocycles. The van der Waals surface area contributed by atoms with Gasteiger partial charge >= 0.3 is 12.1 Å². The molecule has 0 aliphatic carbocycles. The Bertz CT molecular complexity index is 1280. The van der Waals surface area contributed by atoms with Crippen LogP contribution in [0.4, 0.5) is 13.2 Å². The van der Waals surface area contributed by atoms with Gasteiger partial charge < -0.3 is 19.8 Å². The summed E-state index contributed by atoms with van der Waals surface area (Å²) < 4.78 is 45.1. The minimum Gasteiger partial charge on any atom is -0.497 e. The predicted octanol–water partition coefficient (Wildman–Crippen LogP) is 6.51. The summed E-state index contributed by atoms with van der Waals surface area (Å²) in [7, 11) is 1.59. The van der Waals surface area contributed by atoms with Crippen LogP contribution in [0.15, 0.2) is 54.7 Å². The highest BCUT2D eigenvalue weighted by atomic mass is 19.4. The number of methoxy groups -OCH3 is 1. The topological polar surface area (TPSA) is 82.9 Å². The highest BCUT2D eigenvalue weighted by molar-refractivity contribution is 5.83. The third-order valence-corrected chi connectivity index (χ3v) is 8.06. The van der Waals surface area contributed by atoms with Crippen LogP contribution in [0.1, 0.15) is 61.3 Å². The van der Waals surface area contributed by atoms with Crippen LogP contribution >= 0.6 is 0 Å². The van der Waals surface area contributed by atoms with Crippen LogP contribution in [0.25, 0.3) is 10.9 Å². The smallest absolute Gasteiger partial charge is 0.416 e. The molecule has 9 heteroatoms. The number of hydrogen-bond donors (Lipinski definition) is 2. The summed E-state index contributed by atoms with van der Waals surface area (Å²) in [6.07, 6.45) is 0.456. The first kappa shape index (κ1) is 29.8. The van der Waals surface area contributed by atoms with Gasteiger partial charge in [0.1, 0.15) is 5.75 Å². The number of piperidine rings is 1. The Hall–Kier alpha value is -3.17. The van der Waals surface area contributed by atoms with Crippen molar-refractivity contribution >= 4 is 16.9 Å². The van der Waals surface area contributed by atoms with Crippen molar-refractivity contribution in [2.75, 3.05) is 26.7 Å². The number of carboxylic acids is 1. The molecule has 0 spiro atoms. The molecule has 1 aliphatic heterocycles. The number of pyridine rings is 1. The maximum atomic E-state index is 13.3. The van der Waals surface area contributed by atoms with Crippen LogP contribution in [0, 0.1) is 11.8 Å². The molecule has 3 atom stereocenters. The van der Waals surface area contributed by atoms with Crippen molar-refractivity contribution in [2.45, 2.75) is 57.2 Å². The molecule has 0 bridgehead atoms.